The molecular weight excluding hydrogens is 228 g/mol. The zero-order valence-electron chi connectivity index (χ0n) is 11.1. The van der Waals surface area contributed by atoms with Crippen molar-refractivity contribution in [3.05, 3.63) is 29.3 Å². The van der Waals surface area contributed by atoms with Crippen LogP contribution in [0.5, 0.6) is 5.75 Å². The van der Waals surface area contributed by atoms with E-state index in [1.165, 1.54) is 6.42 Å². The molecule has 0 spiro atoms. The van der Waals surface area contributed by atoms with Gasteiger partial charge in [-0.05, 0) is 43.7 Å². The first kappa shape index (κ1) is 13.4. The third kappa shape index (κ3) is 2.68. The molecule has 2 atom stereocenters. The van der Waals surface area contributed by atoms with Crippen LogP contribution in [0.4, 0.5) is 0 Å². The average Bonchev–Trinajstić information content (AvgIpc) is 2.52. The van der Waals surface area contributed by atoms with Gasteiger partial charge >= 0.3 is 0 Å². The molecule has 1 fully saturated rings. The van der Waals surface area contributed by atoms with Gasteiger partial charge in [0.1, 0.15) is 5.75 Å². The van der Waals surface area contributed by atoms with Gasteiger partial charge in [-0.15, -0.1) is 0 Å². The van der Waals surface area contributed by atoms with E-state index in [4.69, 9.17) is 9.84 Å². The van der Waals surface area contributed by atoms with Gasteiger partial charge in [-0.25, -0.2) is 0 Å². The van der Waals surface area contributed by atoms with Crippen molar-refractivity contribution in [2.45, 2.75) is 45.3 Å². The van der Waals surface area contributed by atoms with Crippen molar-refractivity contribution in [2.75, 3.05) is 6.61 Å². The fraction of sp³-hybridized carbons (Fsp3) is 0.600. The SMILES string of the molecule is CC1CCC[C@@](C)(c2ccc(CO)cc2O)OC1. The molecule has 0 bridgehead atoms. The van der Waals surface area contributed by atoms with Crippen molar-refractivity contribution in [2.24, 2.45) is 5.92 Å². The normalized spacial score (nSPS) is 28.9. The van der Waals surface area contributed by atoms with Crippen molar-refractivity contribution in [3.8, 4) is 5.75 Å². The Balaban J connectivity index is 2.28. The highest BCUT2D eigenvalue weighted by atomic mass is 16.5. The van der Waals surface area contributed by atoms with Crippen LogP contribution in [0, 0.1) is 5.92 Å². The van der Waals surface area contributed by atoms with Gasteiger partial charge < -0.3 is 14.9 Å². The Kier molecular flexibility index (Phi) is 3.93. The zero-order chi connectivity index (χ0) is 13.2. The second-order valence-electron chi connectivity index (χ2n) is 5.55. The Morgan fingerprint density at radius 1 is 1.44 bits per heavy atom. The third-order valence-corrected chi connectivity index (χ3v) is 3.85. The van der Waals surface area contributed by atoms with Crippen molar-refractivity contribution < 1.29 is 14.9 Å². The van der Waals surface area contributed by atoms with Gasteiger partial charge in [-0.2, -0.15) is 0 Å². The number of rotatable bonds is 2. The first-order valence-corrected chi connectivity index (χ1v) is 6.62. The number of benzene rings is 1. The molecule has 18 heavy (non-hydrogen) atoms. The maximum atomic E-state index is 10.1. The molecule has 0 aliphatic carbocycles. The van der Waals surface area contributed by atoms with Crippen molar-refractivity contribution in [1.82, 2.24) is 0 Å². The number of phenols is 1. The Morgan fingerprint density at radius 2 is 2.22 bits per heavy atom. The van der Waals surface area contributed by atoms with E-state index in [1.807, 2.05) is 19.1 Å². The molecule has 3 nitrogen and oxygen atoms in total. The van der Waals surface area contributed by atoms with Crippen LogP contribution in [0.25, 0.3) is 0 Å². The molecule has 3 heteroatoms. The number of hydrogen-bond donors (Lipinski definition) is 2. The predicted octanol–water partition coefficient (Wildman–Crippen LogP) is 2.94. The highest BCUT2D eigenvalue weighted by Crippen LogP contribution is 2.39. The Hall–Kier alpha value is -1.06. The summed E-state index contributed by atoms with van der Waals surface area (Å²) < 4.78 is 6.02. The lowest BCUT2D eigenvalue weighted by molar-refractivity contribution is -0.0440. The summed E-state index contributed by atoms with van der Waals surface area (Å²) in [5.74, 6) is 0.796. The van der Waals surface area contributed by atoms with Crippen molar-refractivity contribution in [1.29, 1.82) is 0 Å². The summed E-state index contributed by atoms with van der Waals surface area (Å²) in [7, 11) is 0. The van der Waals surface area contributed by atoms with Crippen molar-refractivity contribution in [3.63, 3.8) is 0 Å². The summed E-state index contributed by atoms with van der Waals surface area (Å²) in [5.41, 5.74) is 1.14. The van der Waals surface area contributed by atoms with Crippen LogP contribution in [0.15, 0.2) is 18.2 Å². The van der Waals surface area contributed by atoms with Crippen LogP contribution in [0.2, 0.25) is 0 Å². The van der Waals surface area contributed by atoms with Gasteiger partial charge in [0.05, 0.1) is 18.8 Å². The first-order chi connectivity index (χ1) is 8.55. The number of hydrogen-bond acceptors (Lipinski definition) is 3. The zero-order valence-corrected chi connectivity index (χ0v) is 11.1. The van der Waals surface area contributed by atoms with E-state index in [0.717, 1.165) is 30.6 Å². The van der Waals surface area contributed by atoms with Gasteiger partial charge in [0.15, 0.2) is 0 Å². The molecule has 1 saturated heterocycles. The summed E-state index contributed by atoms with van der Waals surface area (Å²) in [6.45, 7) is 4.92. The summed E-state index contributed by atoms with van der Waals surface area (Å²) in [5, 5.41) is 19.2. The molecule has 0 radical (unpaired) electrons. The van der Waals surface area contributed by atoms with Gasteiger partial charge in [0.2, 0.25) is 0 Å². The quantitative estimate of drug-likeness (QED) is 0.848. The maximum Gasteiger partial charge on any atom is 0.122 e. The van der Waals surface area contributed by atoms with Gasteiger partial charge in [0.25, 0.3) is 0 Å². The van der Waals surface area contributed by atoms with Gasteiger partial charge in [0, 0.05) is 5.56 Å². The number of phenolic OH excluding ortho intramolecular Hbond substituents is 1. The molecule has 1 aromatic rings. The Bertz CT molecular complexity index is 416. The minimum absolute atomic E-state index is 0.0531. The largest absolute Gasteiger partial charge is 0.508 e. The molecule has 100 valence electrons. The molecule has 0 saturated carbocycles. The fourth-order valence-electron chi connectivity index (χ4n) is 2.60. The lowest BCUT2D eigenvalue weighted by Gasteiger charge is -2.30. The van der Waals surface area contributed by atoms with Crippen LogP contribution in [0.3, 0.4) is 0 Å². The highest BCUT2D eigenvalue weighted by molar-refractivity contribution is 5.40. The van der Waals surface area contributed by atoms with Crippen LogP contribution in [0.1, 0.15) is 44.2 Å². The van der Waals surface area contributed by atoms with E-state index in [1.54, 1.807) is 6.07 Å². The summed E-state index contributed by atoms with van der Waals surface area (Å²) in [4.78, 5) is 0. The van der Waals surface area contributed by atoms with Crippen LogP contribution in [-0.4, -0.2) is 16.8 Å². The minimum Gasteiger partial charge on any atom is -0.508 e. The summed E-state index contributed by atoms with van der Waals surface area (Å²) in [6.07, 6.45) is 3.20. The highest BCUT2D eigenvalue weighted by Gasteiger charge is 2.32. The molecule has 1 aliphatic rings. The van der Waals surface area contributed by atoms with E-state index >= 15 is 0 Å². The topological polar surface area (TPSA) is 49.7 Å². The second-order valence-corrected chi connectivity index (χ2v) is 5.55. The average molecular weight is 250 g/mol. The Morgan fingerprint density at radius 3 is 2.89 bits per heavy atom. The van der Waals surface area contributed by atoms with Gasteiger partial charge in [-0.1, -0.05) is 19.1 Å². The van der Waals surface area contributed by atoms with E-state index in [-0.39, 0.29) is 12.4 Å². The monoisotopic (exact) mass is 250 g/mol. The molecule has 1 heterocycles. The van der Waals surface area contributed by atoms with Crippen LogP contribution < -0.4 is 0 Å². The van der Waals surface area contributed by atoms with E-state index < -0.39 is 5.60 Å². The molecular formula is C15H22O3. The fourth-order valence-corrected chi connectivity index (χ4v) is 2.60. The lowest BCUT2D eigenvalue weighted by Crippen LogP contribution is -2.26. The minimum atomic E-state index is -0.414. The first-order valence-electron chi connectivity index (χ1n) is 6.62. The molecule has 2 rings (SSSR count). The molecule has 2 N–H and O–H groups in total. The standard InChI is InChI=1S/C15H22O3/c1-11-4-3-7-15(2,18-10-11)13-6-5-12(9-16)8-14(13)17/h5-6,8,11,16-17H,3-4,7,9-10H2,1-2H3/t11?,15-/m0/s1. The smallest absolute Gasteiger partial charge is 0.122 e. The van der Waals surface area contributed by atoms with Gasteiger partial charge in [-0.3, -0.25) is 0 Å². The number of aliphatic hydroxyl groups excluding tert-OH is 1. The number of ether oxygens (including phenoxy) is 1. The van der Waals surface area contributed by atoms with E-state index in [9.17, 15) is 5.11 Å². The number of aromatic hydroxyl groups is 1. The Labute approximate surface area is 108 Å². The second kappa shape index (κ2) is 5.29. The summed E-state index contributed by atoms with van der Waals surface area (Å²) in [6, 6.07) is 5.34. The summed E-state index contributed by atoms with van der Waals surface area (Å²) >= 11 is 0. The predicted molar refractivity (Wildman–Crippen MR) is 70.3 cm³/mol. The lowest BCUT2D eigenvalue weighted by atomic mass is 9.89. The third-order valence-electron chi connectivity index (χ3n) is 3.85. The van der Waals surface area contributed by atoms with E-state index in [0.29, 0.717) is 5.92 Å². The molecule has 1 aromatic carbocycles. The molecule has 0 aromatic heterocycles. The molecule has 0 amide bonds. The molecule has 1 aliphatic heterocycles. The molecule has 1 unspecified atom stereocenters. The number of aliphatic hydroxyl groups is 1. The maximum absolute atomic E-state index is 10.1. The van der Waals surface area contributed by atoms with Crippen molar-refractivity contribution >= 4 is 0 Å². The van der Waals surface area contributed by atoms with Crippen LogP contribution in [-0.2, 0) is 16.9 Å². The van der Waals surface area contributed by atoms with E-state index in [2.05, 4.69) is 6.92 Å². The van der Waals surface area contributed by atoms with Crippen LogP contribution >= 0.6 is 0 Å².